The Hall–Kier alpha value is -4.04. The molecule has 0 bridgehead atoms. The van der Waals surface area contributed by atoms with Gasteiger partial charge in [0.25, 0.3) is 0 Å². The molecule has 35 heavy (non-hydrogen) atoms. The van der Waals surface area contributed by atoms with E-state index < -0.39 is 0 Å². The van der Waals surface area contributed by atoms with E-state index in [2.05, 4.69) is 14.5 Å². The molecule has 2 aliphatic rings. The van der Waals surface area contributed by atoms with Gasteiger partial charge in [0, 0.05) is 31.1 Å². The maximum Gasteiger partial charge on any atom is 0.341 e. The van der Waals surface area contributed by atoms with Crippen molar-refractivity contribution < 1.29 is 14.1 Å². The van der Waals surface area contributed by atoms with E-state index in [0.29, 0.717) is 18.9 Å². The summed E-state index contributed by atoms with van der Waals surface area (Å²) >= 11 is 0. The van der Waals surface area contributed by atoms with Crippen LogP contribution < -0.4 is 10.5 Å². The highest BCUT2D eigenvalue weighted by Crippen LogP contribution is 2.37. The summed E-state index contributed by atoms with van der Waals surface area (Å²) < 4.78 is 8.15. The lowest BCUT2D eigenvalue weighted by atomic mass is 9.95. The number of hydrogen-bond donors (Lipinski definition) is 1. The van der Waals surface area contributed by atoms with Crippen molar-refractivity contribution in [2.45, 2.75) is 12.5 Å². The van der Waals surface area contributed by atoms with Crippen LogP contribution in [0.3, 0.4) is 0 Å². The number of para-hydroxylation sites is 1. The molecule has 8 heteroatoms. The quantitative estimate of drug-likeness (QED) is 0.423. The molecule has 1 unspecified atom stereocenters. The van der Waals surface area contributed by atoms with Crippen molar-refractivity contribution in [1.82, 2.24) is 19.8 Å². The van der Waals surface area contributed by atoms with Gasteiger partial charge in [0.2, 0.25) is 12.2 Å². The molecular weight excluding hydrogens is 440 g/mol. The summed E-state index contributed by atoms with van der Waals surface area (Å²) in [7, 11) is 3.96. The lowest BCUT2D eigenvalue weighted by Crippen LogP contribution is -2.41. The predicted molar refractivity (Wildman–Crippen MR) is 135 cm³/mol. The first-order chi connectivity index (χ1) is 17.0. The molecule has 1 fully saturated rings. The summed E-state index contributed by atoms with van der Waals surface area (Å²) in [5.74, 6) is 2.87. The average Bonchev–Trinajstić information content (AvgIpc) is 3.31. The van der Waals surface area contributed by atoms with Crippen LogP contribution in [0, 0.1) is 0 Å². The Labute approximate surface area is 205 Å². The number of nitrogens with zero attached hydrogens (tertiary/aromatic N) is 5. The fraction of sp³-hybridized carbons (Fsp3) is 0.259. The zero-order chi connectivity index (χ0) is 24.4. The number of benzene rings is 2. The molecule has 1 amide bonds. The number of amides is 1. The van der Waals surface area contributed by atoms with E-state index >= 15 is 0 Å². The van der Waals surface area contributed by atoms with Crippen molar-refractivity contribution in [3.05, 3.63) is 84.2 Å². The van der Waals surface area contributed by atoms with Gasteiger partial charge in [-0.05, 0) is 55.5 Å². The smallest absolute Gasteiger partial charge is 0.341 e. The highest BCUT2D eigenvalue weighted by Gasteiger charge is 2.45. The fourth-order valence-corrected chi connectivity index (χ4v) is 4.54. The third kappa shape index (κ3) is 4.65. The van der Waals surface area contributed by atoms with Gasteiger partial charge in [0.1, 0.15) is 23.4 Å². The summed E-state index contributed by atoms with van der Waals surface area (Å²) in [6, 6.07) is 17.8. The Kier molecular flexibility index (Phi) is 6.29. The van der Waals surface area contributed by atoms with Crippen molar-refractivity contribution in [2.75, 3.05) is 39.5 Å². The second kappa shape index (κ2) is 9.68. The van der Waals surface area contributed by atoms with Crippen LogP contribution in [0.5, 0.6) is 11.5 Å². The van der Waals surface area contributed by atoms with Crippen molar-refractivity contribution >= 4 is 23.3 Å². The van der Waals surface area contributed by atoms with Crippen molar-refractivity contribution in [3.8, 4) is 11.5 Å². The van der Waals surface area contributed by atoms with E-state index in [-0.39, 0.29) is 11.9 Å². The first-order valence-electron chi connectivity index (χ1n) is 11.7. The number of fused-ring (bicyclic) bond motifs is 1. The molecule has 0 radical (unpaired) electrons. The molecule has 5 rings (SSSR count). The number of aromatic nitrogens is 2. The van der Waals surface area contributed by atoms with Gasteiger partial charge in [-0.15, -0.1) is 0 Å². The van der Waals surface area contributed by atoms with Gasteiger partial charge >= 0.3 is 5.82 Å². The number of anilines is 1. The summed E-state index contributed by atoms with van der Waals surface area (Å²) in [5.41, 5.74) is 9.11. The molecule has 0 aliphatic carbocycles. The Morgan fingerprint density at radius 3 is 2.63 bits per heavy atom. The number of nitrogens with two attached hydrogens (primary N) is 1. The zero-order valence-electron chi connectivity index (χ0n) is 20.0. The lowest BCUT2D eigenvalue weighted by Gasteiger charge is -2.26. The Balaban J connectivity index is 1.39. The summed E-state index contributed by atoms with van der Waals surface area (Å²) in [5, 5.41) is 0. The minimum atomic E-state index is 0.0428. The molecule has 178 valence electrons. The van der Waals surface area contributed by atoms with Crippen LogP contribution in [-0.2, 0) is 4.79 Å². The van der Waals surface area contributed by atoms with E-state index in [4.69, 9.17) is 10.5 Å². The van der Waals surface area contributed by atoms with Gasteiger partial charge < -0.3 is 20.3 Å². The van der Waals surface area contributed by atoms with Crippen LogP contribution in [0.15, 0.2) is 73.1 Å². The van der Waals surface area contributed by atoms with E-state index in [9.17, 15) is 4.79 Å². The molecule has 8 nitrogen and oxygen atoms in total. The average molecular weight is 470 g/mol. The number of likely N-dealkylation sites (tertiary alicyclic amines) is 1. The normalized spacial score (nSPS) is 17.1. The zero-order valence-corrected chi connectivity index (χ0v) is 20.0. The lowest BCUT2D eigenvalue weighted by molar-refractivity contribution is -0.494. The SMILES string of the molecule is CN(C)CC=CC(=O)N1CCC([N+]2=C(c3ccc(Oc4ccccc4)cc3)c3c(N)ncnc32)C1. The minimum absolute atomic E-state index is 0.0428. The van der Waals surface area contributed by atoms with Gasteiger partial charge in [-0.2, -0.15) is 4.98 Å². The van der Waals surface area contributed by atoms with Gasteiger partial charge in [-0.3, -0.25) is 4.79 Å². The molecule has 0 saturated carbocycles. The summed E-state index contributed by atoms with van der Waals surface area (Å²) in [6.07, 6.45) is 5.92. The van der Waals surface area contributed by atoms with Gasteiger partial charge in [-0.25, -0.2) is 4.58 Å². The highest BCUT2D eigenvalue weighted by atomic mass is 16.5. The Morgan fingerprint density at radius 2 is 1.89 bits per heavy atom. The maximum atomic E-state index is 12.7. The molecule has 2 N–H and O–H groups in total. The van der Waals surface area contributed by atoms with Crippen molar-refractivity contribution in [1.29, 1.82) is 0 Å². The second-order valence-corrected chi connectivity index (χ2v) is 9.01. The van der Waals surface area contributed by atoms with Crippen LogP contribution in [0.25, 0.3) is 0 Å². The topological polar surface area (TPSA) is 87.6 Å². The van der Waals surface area contributed by atoms with Crippen LogP contribution in [0.1, 0.15) is 17.5 Å². The van der Waals surface area contributed by atoms with Crippen molar-refractivity contribution in [2.24, 2.45) is 0 Å². The van der Waals surface area contributed by atoms with Gasteiger partial charge in [-0.1, -0.05) is 24.3 Å². The highest BCUT2D eigenvalue weighted by molar-refractivity contribution is 6.18. The van der Waals surface area contributed by atoms with Crippen LogP contribution in [0.4, 0.5) is 11.6 Å². The number of hydrogen-bond acceptors (Lipinski definition) is 6. The van der Waals surface area contributed by atoms with Crippen molar-refractivity contribution in [3.63, 3.8) is 0 Å². The van der Waals surface area contributed by atoms with Gasteiger partial charge in [0.15, 0.2) is 11.3 Å². The second-order valence-electron chi connectivity index (χ2n) is 9.01. The van der Waals surface area contributed by atoms with E-state index in [0.717, 1.165) is 47.1 Å². The molecular formula is C27H29N6O2+. The van der Waals surface area contributed by atoms with E-state index in [1.807, 2.05) is 84.6 Å². The Bertz CT molecular complexity index is 1280. The first-order valence-corrected chi connectivity index (χ1v) is 11.7. The van der Waals surface area contributed by atoms with E-state index in [1.54, 1.807) is 6.08 Å². The van der Waals surface area contributed by atoms with E-state index in [1.165, 1.54) is 6.33 Å². The monoisotopic (exact) mass is 469 g/mol. The van der Waals surface area contributed by atoms with Crippen LogP contribution in [0.2, 0.25) is 0 Å². The molecule has 0 spiro atoms. The number of rotatable bonds is 7. The fourth-order valence-electron chi connectivity index (χ4n) is 4.54. The molecule has 3 heterocycles. The molecule has 1 saturated heterocycles. The number of carbonyl (C=O) groups is 1. The Morgan fingerprint density at radius 1 is 1.14 bits per heavy atom. The predicted octanol–water partition coefficient (Wildman–Crippen LogP) is 3.06. The molecule has 3 aromatic rings. The first kappa shape index (κ1) is 22.7. The number of carbonyl (C=O) groups excluding carboxylic acids is 1. The third-order valence-corrected chi connectivity index (χ3v) is 6.24. The molecule has 2 aliphatic heterocycles. The van der Waals surface area contributed by atoms with Crippen LogP contribution >= 0.6 is 0 Å². The number of nitrogen functional groups attached to an aromatic ring is 1. The van der Waals surface area contributed by atoms with Gasteiger partial charge in [0.05, 0.1) is 6.54 Å². The maximum absolute atomic E-state index is 12.7. The largest absolute Gasteiger partial charge is 0.457 e. The summed E-state index contributed by atoms with van der Waals surface area (Å²) in [6.45, 7) is 2.08. The molecule has 2 aromatic carbocycles. The molecule has 1 atom stereocenters. The number of likely N-dealkylation sites (N-methyl/N-ethyl adjacent to an activating group) is 1. The molecule has 1 aromatic heterocycles. The third-order valence-electron chi connectivity index (χ3n) is 6.24. The number of ether oxygens (including phenoxy) is 1. The summed E-state index contributed by atoms with van der Waals surface area (Å²) in [4.78, 5) is 25.3. The minimum Gasteiger partial charge on any atom is -0.457 e. The standard InChI is InChI=1S/C27H28N6O2/c1-31(2)15-6-9-23(34)32-16-14-20(17-32)33-25(24-26(28)29-18-30-27(24)33)19-10-12-22(13-11-19)35-21-7-4-3-5-8-21/h3-13,18,20,28H,14-17H2,1-2H3/p+1. The van der Waals surface area contributed by atoms with Crippen LogP contribution in [-0.4, -0.2) is 75.7 Å².